The van der Waals surface area contributed by atoms with Crippen molar-refractivity contribution < 1.29 is 0 Å². The summed E-state index contributed by atoms with van der Waals surface area (Å²) in [4.78, 5) is 0. The van der Waals surface area contributed by atoms with Gasteiger partial charge in [-0.25, -0.2) is 0 Å². The molecule has 0 radical (unpaired) electrons. The molecule has 0 aliphatic heterocycles. The molecule has 0 amide bonds. The minimum atomic E-state index is -0.0815. The zero-order valence-electron chi connectivity index (χ0n) is 8.87. The van der Waals surface area contributed by atoms with E-state index in [2.05, 4.69) is 39.1 Å². The van der Waals surface area contributed by atoms with Crippen molar-refractivity contribution in [3.8, 4) is 10.6 Å². The van der Waals surface area contributed by atoms with Gasteiger partial charge in [0.25, 0.3) is 0 Å². The van der Waals surface area contributed by atoms with E-state index in [1.54, 1.807) is 11.3 Å². The maximum absolute atomic E-state index is 5.97. The van der Waals surface area contributed by atoms with Gasteiger partial charge in [-0.05, 0) is 31.5 Å². The van der Waals surface area contributed by atoms with Crippen molar-refractivity contribution in [2.45, 2.75) is 19.2 Å². The van der Waals surface area contributed by atoms with Crippen molar-refractivity contribution in [2.24, 2.45) is 0 Å². The molecule has 16 heavy (non-hydrogen) atoms. The third kappa shape index (κ3) is 2.44. The summed E-state index contributed by atoms with van der Waals surface area (Å²) in [5, 5.41) is 9.95. The monoisotopic (exact) mass is 316 g/mol. The highest BCUT2D eigenvalue weighted by Crippen LogP contribution is 2.31. The van der Waals surface area contributed by atoms with Crippen LogP contribution in [0.5, 0.6) is 0 Å². The number of hydrogen-bond donors (Lipinski definition) is 0. The van der Waals surface area contributed by atoms with Crippen molar-refractivity contribution in [3.05, 3.63) is 33.2 Å². The fourth-order valence-corrected chi connectivity index (χ4v) is 2.89. The molecule has 1 aromatic heterocycles. The SMILES string of the molecule is Cc1cc(Br)ccc1-c1nnc(C(C)Cl)s1. The molecule has 2 rings (SSSR count). The summed E-state index contributed by atoms with van der Waals surface area (Å²) in [7, 11) is 0. The highest BCUT2D eigenvalue weighted by Gasteiger charge is 2.12. The van der Waals surface area contributed by atoms with E-state index in [0.29, 0.717) is 0 Å². The molecule has 0 spiro atoms. The average molecular weight is 318 g/mol. The van der Waals surface area contributed by atoms with Crippen molar-refractivity contribution in [1.29, 1.82) is 0 Å². The van der Waals surface area contributed by atoms with E-state index in [0.717, 1.165) is 20.1 Å². The van der Waals surface area contributed by atoms with E-state index in [1.807, 2.05) is 19.1 Å². The van der Waals surface area contributed by atoms with Gasteiger partial charge in [-0.1, -0.05) is 33.3 Å². The molecule has 0 aliphatic rings. The lowest BCUT2D eigenvalue weighted by atomic mass is 10.1. The zero-order valence-corrected chi connectivity index (χ0v) is 12.0. The van der Waals surface area contributed by atoms with E-state index in [4.69, 9.17) is 11.6 Å². The normalized spacial score (nSPS) is 12.8. The van der Waals surface area contributed by atoms with Gasteiger partial charge < -0.3 is 0 Å². The summed E-state index contributed by atoms with van der Waals surface area (Å²) in [5.41, 5.74) is 2.29. The van der Waals surface area contributed by atoms with E-state index in [-0.39, 0.29) is 5.38 Å². The molecular formula is C11H10BrClN2S. The lowest BCUT2D eigenvalue weighted by Gasteiger charge is -2.01. The Labute approximate surface area is 112 Å². The van der Waals surface area contributed by atoms with Crippen molar-refractivity contribution in [1.82, 2.24) is 10.2 Å². The van der Waals surface area contributed by atoms with Crippen LogP contribution in [0.2, 0.25) is 0 Å². The maximum atomic E-state index is 5.97. The quantitative estimate of drug-likeness (QED) is 0.758. The highest BCUT2D eigenvalue weighted by atomic mass is 79.9. The number of aromatic nitrogens is 2. The van der Waals surface area contributed by atoms with Gasteiger partial charge >= 0.3 is 0 Å². The van der Waals surface area contributed by atoms with Crippen molar-refractivity contribution in [2.75, 3.05) is 0 Å². The Kier molecular flexibility index (Phi) is 3.62. The van der Waals surface area contributed by atoms with Gasteiger partial charge in [0.2, 0.25) is 0 Å². The van der Waals surface area contributed by atoms with Gasteiger partial charge in [-0.3, -0.25) is 0 Å². The van der Waals surface area contributed by atoms with Crippen LogP contribution >= 0.6 is 38.9 Å². The molecule has 0 N–H and O–H groups in total. The van der Waals surface area contributed by atoms with Crippen LogP contribution in [0.1, 0.15) is 22.9 Å². The highest BCUT2D eigenvalue weighted by molar-refractivity contribution is 9.10. The van der Waals surface area contributed by atoms with Gasteiger partial charge in [0.1, 0.15) is 10.0 Å². The lowest BCUT2D eigenvalue weighted by molar-refractivity contribution is 0.962. The summed E-state index contributed by atoms with van der Waals surface area (Å²) in [6.07, 6.45) is 0. The zero-order chi connectivity index (χ0) is 11.7. The van der Waals surface area contributed by atoms with Crippen molar-refractivity contribution >= 4 is 38.9 Å². The van der Waals surface area contributed by atoms with Crippen LogP contribution in [0.3, 0.4) is 0 Å². The van der Waals surface area contributed by atoms with Gasteiger partial charge in [0.15, 0.2) is 0 Å². The standard InChI is InChI=1S/C11H10BrClN2S/c1-6-5-8(12)3-4-9(6)11-15-14-10(16-11)7(2)13/h3-5,7H,1-2H3. The molecule has 0 aliphatic carbocycles. The Hall–Kier alpha value is -0.450. The number of alkyl halides is 1. The van der Waals surface area contributed by atoms with Crippen LogP contribution in [0.15, 0.2) is 22.7 Å². The Balaban J connectivity index is 2.42. The summed E-state index contributed by atoms with van der Waals surface area (Å²) in [5.74, 6) is 0. The van der Waals surface area contributed by atoms with Gasteiger partial charge in [0, 0.05) is 10.0 Å². The summed E-state index contributed by atoms with van der Waals surface area (Å²) >= 11 is 11.0. The van der Waals surface area contributed by atoms with E-state index in [9.17, 15) is 0 Å². The first-order valence-corrected chi connectivity index (χ1v) is 6.86. The number of hydrogen-bond acceptors (Lipinski definition) is 3. The minimum absolute atomic E-state index is 0.0815. The number of nitrogens with zero attached hydrogens (tertiary/aromatic N) is 2. The van der Waals surface area contributed by atoms with Crippen LogP contribution in [0.4, 0.5) is 0 Å². The Morgan fingerprint density at radius 3 is 2.69 bits per heavy atom. The fraction of sp³-hybridized carbons (Fsp3) is 0.273. The molecule has 0 bridgehead atoms. The van der Waals surface area contributed by atoms with Crippen molar-refractivity contribution in [3.63, 3.8) is 0 Å². The molecule has 84 valence electrons. The molecule has 0 saturated carbocycles. The number of halogens is 2. The summed E-state index contributed by atoms with van der Waals surface area (Å²) in [6.45, 7) is 3.96. The van der Waals surface area contributed by atoms with Crippen LogP contribution < -0.4 is 0 Å². The topological polar surface area (TPSA) is 25.8 Å². The molecule has 0 fully saturated rings. The van der Waals surface area contributed by atoms with Gasteiger partial charge in [-0.15, -0.1) is 21.8 Å². The summed E-state index contributed by atoms with van der Waals surface area (Å²) < 4.78 is 1.07. The maximum Gasteiger partial charge on any atom is 0.148 e. The molecule has 1 atom stereocenters. The fourth-order valence-electron chi connectivity index (χ4n) is 1.37. The molecule has 5 heteroatoms. The third-order valence-electron chi connectivity index (χ3n) is 2.20. The van der Waals surface area contributed by atoms with E-state index < -0.39 is 0 Å². The largest absolute Gasteiger partial charge is 0.148 e. The first kappa shape index (κ1) is 12.0. The Morgan fingerprint density at radius 1 is 1.38 bits per heavy atom. The summed E-state index contributed by atoms with van der Waals surface area (Å²) in [6, 6.07) is 6.12. The molecule has 1 unspecified atom stereocenters. The minimum Gasteiger partial charge on any atom is -0.142 e. The van der Waals surface area contributed by atoms with Crippen LogP contribution in [0.25, 0.3) is 10.6 Å². The Morgan fingerprint density at radius 2 is 2.12 bits per heavy atom. The predicted molar refractivity (Wildman–Crippen MR) is 72.1 cm³/mol. The molecule has 1 heterocycles. The van der Waals surface area contributed by atoms with Gasteiger partial charge in [-0.2, -0.15) is 0 Å². The predicted octanol–water partition coefficient (Wildman–Crippen LogP) is 4.58. The third-order valence-corrected chi connectivity index (χ3v) is 4.17. The first-order chi connectivity index (χ1) is 7.58. The van der Waals surface area contributed by atoms with E-state index in [1.165, 1.54) is 5.56 Å². The molecule has 1 aromatic carbocycles. The van der Waals surface area contributed by atoms with Gasteiger partial charge in [0.05, 0.1) is 5.38 Å². The second-order valence-electron chi connectivity index (χ2n) is 3.52. The van der Waals surface area contributed by atoms with Crippen LogP contribution in [-0.2, 0) is 0 Å². The number of rotatable bonds is 2. The molecular weight excluding hydrogens is 308 g/mol. The molecule has 0 saturated heterocycles. The Bertz CT molecular complexity index is 510. The second-order valence-corrected chi connectivity index (χ2v) is 6.10. The second kappa shape index (κ2) is 4.82. The first-order valence-electron chi connectivity index (χ1n) is 4.82. The van der Waals surface area contributed by atoms with Crippen LogP contribution in [-0.4, -0.2) is 10.2 Å². The number of aryl methyl sites for hydroxylation is 1. The average Bonchev–Trinajstić information content (AvgIpc) is 2.66. The number of benzene rings is 1. The van der Waals surface area contributed by atoms with Crippen LogP contribution in [0, 0.1) is 6.92 Å². The van der Waals surface area contributed by atoms with E-state index >= 15 is 0 Å². The lowest BCUT2D eigenvalue weighted by Crippen LogP contribution is -1.82. The molecule has 2 aromatic rings. The molecule has 2 nitrogen and oxygen atoms in total. The smallest absolute Gasteiger partial charge is 0.142 e.